The average molecular weight is 293 g/mol. The van der Waals surface area contributed by atoms with Crippen molar-refractivity contribution in [1.29, 1.82) is 0 Å². The third-order valence-electron chi connectivity index (χ3n) is 4.33. The largest absolute Gasteiger partial charge is 0.368 e. The van der Waals surface area contributed by atoms with Crippen LogP contribution in [-0.2, 0) is 4.79 Å². The van der Waals surface area contributed by atoms with Crippen LogP contribution >= 0.6 is 0 Å². The molecule has 0 bridgehead atoms. The number of likely N-dealkylation sites (tertiary alicyclic amines) is 1. The van der Waals surface area contributed by atoms with Crippen molar-refractivity contribution < 1.29 is 9.18 Å². The molecule has 1 aliphatic rings. The molecular weight excluding hydrogens is 269 g/mol. The van der Waals surface area contributed by atoms with Gasteiger partial charge in [0, 0.05) is 11.6 Å². The maximum atomic E-state index is 14.2. The number of nitrogens with two attached hydrogens (primary N) is 2. The molecule has 0 saturated carbocycles. The Hall–Kier alpha value is -1.46. The molecule has 2 rings (SSSR count). The fraction of sp³-hybridized carbons (Fsp3) is 0.562. The molecule has 116 valence electrons. The Morgan fingerprint density at radius 3 is 2.76 bits per heavy atom. The van der Waals surface area contributed by atoms with E-state index >= 15 is 0 Å². The number of piperidine rings is 1. The van der Waals surface area contributed by atoms with Crippen LogP contribution in [-0.4, -0.2) is 29.4 Å². The molecule has 4 N–H and O–H groups in total. The first kappa shape index (κ1) is 15.9. The van der Waals surface area contributed by atoms with Gasteiger partial charge in [0.15, 0.2) is 0 Å². The summed E-state index contributed by atoms with van der Waals surface area (Å²) in [5, 5.41) is 0. The molecule has 0 aliphatic carbocycles. The minimum atomic E-state index is -0.360. The van der Waals surface area contributed by atoms with E-state index in [9.17, 15) is 9.18 Å². The molecule has 1 aromatic carbocycles. The summed E-state index contributed by atoms with van der Waals surface area (Å²) in [4.78, 5) is 13.7. The van der Waals surface area contributed by atoms with Gasteiger partial charge in [0.25, 0.3) is 0 Å². The van der Waals surface area contributed by atoms with Crippen LogP contribution in [0.3, 0.4) is 0 Å². The molecule has 1 fully saturated rings. The summed E-state index contributed by atoms with van der Waals surface area (Å²) in [5.41, 5.74) is 12.3. The Bertz CT molecular complexity index is 494. The van der Waals surface area contributed by atoms with Gasteiger partial charge in [0.1, 0.15) is 5.82 Å². The van der Waals surface area contributed by atoms with E-state index in [4.69, 9.17) is 11.5 Å². The zero-order valence-electron chi connectivity index (χ0n) is 12.5. The minimum absolute atomic E-state index is 0.234. The number of carbonyl (C=O) groups excluding carboxylic acids is 1. The zero-order valence-corrected chi connectivity index (χ0v) is 12.5. The van der Waals surface area contributed by atoms with Gasteiger partial charge in [-0.15, -0.1) is 0 Å². The number of nitrogens with zero attached hydrogens (tertiary/aromatic N) is 1. The number of amides is 1. The van der Waals surface area contributed by atoms with Crippen LogP contribution in [0.5, 0.6) is 0 Å². The van der Waals surface area contributed by atoms with Crippen LogP contribution in [0.4, 0.5) is 4.39 Å². The molecule has 1 saturated heterocycles. The number of hydrogen-bond donors (Lipinski definition) is 2. The summed E-state index contributed by atoms with van der Waals surface area (Å²) in [5.74, 6) is -0.625. The van der Waals surface area contributed by atoms with E-state index in [1.165, 1.54) is 6.07 Å². The highest BCUT2D eigenvalue weighted by Crippen LogP contribution is 2.32. The Labute approximate surface area is 125 Å². The van der Waals surface area contributed by atoms with Gasteiger partial charge in [0.05, 0.1) is 12.1 Å². The number of benzene rings is 1. The molecule has 3 unspecified atom stereocenters. The molecule has 4 nitrogen and oxygen atoms in total. The third-order valence-corrected chi connectivity index (χ3v) is 4.33. The number of primary amides is 1. The summed E-state index contributed by atoms with van der Waals surface area (Å²) in [6.07, 6.45) is 3.37. The lowest BCUT2D eigenvalue weighted by atomic mass is 9.90. The summed E-state index contributed by atoms with van der Waals surface area (Å²) in [7, 11) is 0. The van der Waals surface area contributed by atoms with E-state index < -0.39 is 0 Å². The van der Waals surface area contributed by atoms with Crippen molar-refractivity contribution >= 4 is 5.91 Å². The molecule has 21 heavy (non-hydrogen) atoms. The first-order valence-corrected chi connectivity index (χ1v) is 7.61. The van der Waals surface area contributed by atoms with Gasteiger partial charge in [-0.3, -0.25) is 9.69 Å². The first-order valence-electron chi connectivity index (χ1n) is 7.61. The number of carbonyl (C=O) groups is 1. The molecule has 1 heterocycles. The number of halogens is 1. The SMILES string of the molecule is CCC(N)C(c1ccccc1F)N1CCCCC1C(N)=O. The van der Waals surface area contributed by atoms with Gasteiger partial charge in [-0.25, -0.2) is 4.39 Å². The van der Waals surface area contributed by atoms with Crippen molar-refractivity contribution in [3.63, 3.8) is 0 Å². The molecule has 5 heteroatoms. The molecule has 1 amide bonds. The van der Waals surface area contributed by atoms with Crippen molar-refractivity contribution in [3.8, 4) is 0 Å². The maximum absolute atomic E-state index is 14.2. The second kappa shape index (κ2) is 7.00. The zero-order chi connectivity index (χ0) is 15.4. The van der Waals surface area contributed by atoms with Gasteiger partial charge in [-0.1, -0.05) is 31.5 Å². The summed E-state index contributed by atoms with van der Waals surface area (Å²) in [6.45, 7) is 2.70. The van der Waals surface area contributed by atoms with E-state index in [0.29, 0.717) is 12.0 Å². The summed E-state index contributed by atoms with van der Waals surface area (Å²) in [6, 6.07) is 5.75. The third kappa shape index (κ3) is 3.41. The standard InChI is InChI=1S/C16H24FN3O/c1-2-13(18)15(11-7-3-4-8-12(11)17)20-10-6-5-9-14(20)16(19)21/h3-4,7-8,13-15H,2,5-6,9-10,18H2,1H3,(H2,19,21). The first-order chi connectivity index (χ1) is 10.1. The van der Waals surface area contributed by atoms with Crippen molar-refractivity contribution in [2.75, 3.05) is 6.54 Å². The van der Waals surface area contributed by atoms with E-state index in [0.717, 1.165) is 25.8 Å². The van der Waals surface area contributed by atoms with Gasteiger partial charge in [-0.05, 0) is 31.9 Å². The van der Waals surface area contributed by atoms with Crippen molar-refractivity contribution in [1.82, 2.24) is 4.90 Å². The predicted octanol–water partition coefficient (Wildman–Crippen LogP) is 1.94. The molecule has 0 spiro atoms. The minimum Gasteiger partial charge on any atom is -0.368 e. The Morgan fingerprint density at radius 2 is 2.14 bits per heavy atom. The molecule has 1 aromatic rings. The Kier molecular flexibility index (Phi) is 5.31. The second-order valence-electron chi connectivity index (χ2n) is 5.69. The predicted molar refractivity (Wildman–Crippen MR) is 80.9 cm³/mol. The van der Waals surface area contributed by atoms with Crippen LogP contribution in [0.2, 0.25) is 0 Å². The van der Waals surface area contributed by atoms with E-state index in [2.05, 4.69) is 0 Å². The van der Waals surface area contributed by atoms with Gasteiger partial charge >= 0.3 is 0 Å². The van der Waals surface area contributed by atoms with Gasteiger partial charge in [-0.2, -0.15) is 0 Å². The number of hydrogen-bond acceptors (Lipinski definition) is 3. The fourth-order valence-corrected chi connectivity index (χ4v) is 3.19. The van der Waals surface area contributed by atoms with Gasteiger partial charge < -0.3 is 11.5 Å². The summed E-state index contributed by atoms with van der Waals surface area (Å²) >= 11 is 0. The molecule has 0 aromatic heterocycles. The average Bonchev–Trinajstić information content (AvgIpc) is 2.49. The highest BCUT2D eigenvalue weighted by Gasteiger charge is 2.36. The molecule has 0 radical (unpaired) electrons. The van der Waals surface area contributed by atoms with E-state index in [-0.39, 0.29) is 29.8 Å². The monoisotopic (exact) mass is 293 g/mol. The van der Waals surface area contributed by atoms with E-state index in [1.54, 1.807) is 18.2 Å². The van der Waals surface area contributed by atoms with Crippen LogP contribution in [0.1, 0.15) is 44.2 Å². The van der Waals surface area contributed by atoms with Crippen LogP contribution in [0, 0.1) is 5.82 Å². The van der Waals surface area contributed by atoms with Crippen molar-refractivity contribution in [3.05, 3.63) is 35.6 Å². The van der Waals surface area contributed by atoms with Crippen LogP contribution in [0.25, 0.3) is 0 Å². The van der Waals surface area contributed by atoms with E-state index in [1.807, 2.05) is 11.8 Å². The lowest BCUT2D eigenvalue weighted by molar-refractivity contribution is -0.125. The quantitative estimate of drug-likeness (QED) is 0.871. The van der Waals surface area contributed by atoms with Crippen LogP contribution < -0.4 is 11.5 Å². The highest BCUT2D eigenvalue weighted by atomic mass is 19.1. The van der Waals surface area contributed by atoms with Crippen molar-refractivity contribution in [2.45, 2.75) is 50.7 Å². The normalized spacial score (nSPS) is 22.7. The topological polar surface area (TPSA) is 72.3 Å². The van der Waals surface area contributed by atoms with Gasteiger partial charge in [0.2, 0.25) is 5.91 Å². The maximum Gasteiger partial charge on any atom is 0.234 e. The van der Waals surface area contributed by atoms with Crippen molar-refractivity contribution in [2.24, 2.45) is 11.5 Å². The Morgan fingerprint density at radius 1 is 1.43 bits per heavy atom. The molecule has 3 atom stereocenters. The fourth-order valence-electron chi connectivity index (χ4n) is 3.19. The highest BCUT2D eigenvalue weighted by molar-refractivity contribution is 5.80. The number of rotatable bonds is 5. The lowest BCUT2D eigenvalue weighted by Gasteiger charge is -2.42. The summed E-state index contributed by atoms with van der Waals surface area (Å²) < 4.78 is 14.2. The van der Waals surface area contributed by atoms with Crippen LogP contribution in [0.15, 0.2) is 24.3 Å². The smallest absolute Gasteiger partial charge is 0.234 e. The Balaban J connectivity index is 2.39. The second-order valence-corrected chi connectivity index (χ2v) is 5.69. The lowest BCUT2D eigenvalue weighted by Crippen LogP contribution is -2.53. The molecule has 1 aliphatic heterocycles. The molecular formula is C16H24FN3O.